The Balaban J connectivity index is 1.98. The monoisotopic (exact) mass is 157 g/mol. The summed E-state index contributed by atoms with van der Waals surface area (Å²) >= 11 is 0. The first kappa shape index (κ1) is 7.53. The van der Waals surface area contributed by atoms with E-state index in [4.69, 9.17) is 9.88 Å². The van der Waals surface area contributed by atoms with Crippen LogP contribution in [-0.2, 0) is 9.88 Å². The first-order valence-electron chi connectivity index (χ1n) is 4.43. The summed E-state index contributed by atoms with van der Waals surface area (Å²) in [5, 5.41) is 1.94. The fourth-order valence-corrected chi connectivity index (χ4v) is 1.93. The zero-order valence-corrected chi connectivity index (χ0v) is 6.95. The van der Waals surface area contributed by atoms with Gasteiger partial charge in [0.05, 0.1) is 6.10 Å². The molecule has 0 N–H and O–H groups in total. The molecule has 0 amide bonds. The van der Waals surface area contributed by atoms with Gasteiger partial charge in [0.15, 0.2) is 0 Å². The van der Waals surface area contributed by atoms with E-state index in [0.717, 1.165) is 25.4 Å². The van der Waals surface area contributed by atoms with Crippen molar-refractivity contribution in [3.05, 3.63) is 0 Å². The molecule has 0 saturated carbocycles. The van der Waals surface area contributed by atoms with Gasteiger partial charge in [0.25, 0.3) is 0 Å². The van der Waals surface area contributed by atoms with Crippen molar-refractivity contribution in [3.8, 4) is 0 Å². The van der Waals surface area contributed by atoms with Crippen LogP contribution in [0.5, 0.6) is 0 Å². The van der Waals surface area contributed by atoms with Crippen molar-refractivity contribution >= 4 is 0 Å². The molecule has 2 rings (SSSR count). The molecule has 0 radical (unpaired) electrons. The van der Waals surface area contributed by atoms with Crippen LogP contribution in [0.1, 0.15) is 26.2 Å². The molecule has 64 valence electrons. The largest absolute Gasteiger partial charge is 0.215 e. The maximum atomic E-state index is 5.14. The van der Waals surface area contributed by atoms with E-state index in [0.29, 0.717) is 0 Å². The number of hydrogen-bond donors (Lipinski definition) is 0. The number of piperidine rings is 1. The summed E-state index contributed by atoms with van der Waals surface area (Å²) < 4.78 is 0. The summed E-state index contributed by atoms with van der Waals surface area (Å²) in [5.41, 5.74) is 0. The predicted octanol–water partition coefficient (Wildman–Crippen LogP) is 1.35. The van der Waals surface area contributed by atoms with Crippen molar-refractivity contribution < 1.29 is 9.88 Å². The lowest BCUT2D eigenvalue weighted by Crippen LogP contribution is -2.32. The number of rotatable bonds is 0. The quantitative estimate of drug-likeness (QED) is 0.495. The third-order valence-electron chi connectivity index (χ3n) is 2.46. The summed E-state index contributed by atoms with van der Waals surface area (Å²) in [6.07, 6.45) is 4.01. The van der Waals surface area contributed by atoms with Gasteiger partial charge in [-0.05, 0) is 32.1 Å². The van der Waals surface area contributed by atoms with Crippen LogP contribution < -0.4 is 0 Å². The van der Waals surface area contributed by atoms with Crippen LogP contribution in [0.3, 0.4) is 0 Å². The second kappa shape index (κ2) is 3.09. The maximum absolute atomic E-state index is 5.14. The van der Waals surface area contributed by atoms with Gasteiger partial charge < -0.3 is 0 Å². The van der Waals surface area contributed by atoms with E-state index in [-0.39, 0.29) is 6.10 Å². The molecule has 3 heteroatoms. The fraction of sp³-hybridized carbons (Fsp3) is 1.00. The van der Waals surface area contributed by atoms with Crippen molar-refractivity contribution in [2.24, 2.45) is 5.92 Å². The zero-order valence-electron chi connectivity index (χ0n) is 6.95. The van der Waals surface area contributed by atoms with Gasteiger partial charge in [0.2, 0.25) is 0 Å². The van der Waals surface area contributed by atoms with Crippen LogP contribution >= 0.6 is 0 Å². The molecule has 2 saturated heterocycles. The van der Waals surface area contributed by atoms with Crippen LogP contribution in [0.25, 0.3) is 0 Å². The van der Waals surface area contributed by atoms with Gasteiger partial charge in [-0.15, -0.1) is 4.99 Å². The summed E-state index contributed by atoms with van der Waals surface area (Å²) in [6, 6.07) is 0. The highest BCUT2D eigenvalue weighted by Crippen LogP contribution is 2.25. The Morgan fingerprint density at radius 2 is 2.36 bits per heavy atom. The van der Waals surface area contributed by atoms with Gasteiger partial charge in [0, 0.05) is 13.1 Å². The highest BCUT2D eigenvalue weighted by atomic mass is 17.3. The van der Waals surface area contributed by atoms with Crippen molar-refractivity contribution in [3.63, 3.8) is 0 Å². The maximum Gasteiger partial charge on any atom is 0.0925 e. The van der Waals surface area contributed by atoms with Crippen molar-refractivity contribution in [2.45, 2.75) is 32.3 Å². The molecule has 2 fully saturated rings. The van der Waals surface area contributed by atoms with Gasteiger partial charge in [-0.1, -0.05) is 0 Å². The highest BCUT2D eigenvalue weighted by Gasteiger charge is 2.27. The molecular formula is C8H15NO2. The average Bonchev–Trinajstić information content (AvgIpc) is 2.12. The van der Waals surface area contributed by atoms with E-state index < -0.39 is 0 Å². The van der Waals surface area contributed by atoms with E-state index in [9.17, 15) is 0 Å². The number of hydroxylamine groups is 2. The molecule has 3 unspecified atom stereocenters. The Labute approximate surface area is 67.2 Å². The highest BCUT2D eigenvalue weighted by molar-refractivity contribution is 4.71. The first-order chi connectivity index (χ1) is 5.34. The zero-order chi connectivity index (χ0) is 7.68. The molecule has 3 nitrogen and oxygen atoms in total. The molecule has 0 aliphatic carbocycles. The number of fused-ring (bicyclic) bond motifs is 2. The van der Waals surface area contributed by atoms with E-state index in [2.05, 4.69) is 6.92 Å². The smallest absolute Gasteiger partial charge is 0.0925 e. The Morgan fingerprint density at radius 1 is 1.45 bits per heavy atom. The Bertz CT molecular complexity index is 138. The SMILES string of the molecule is CC1CC2CCCN(C2)OO1. The lowest BCUT2D eigenvalue weighted by atomic mass is 9.94. The first-order valence-corrected chi connectivity index (χ1v) is 4.43. The van der Waals surface area contributed by atoms with Crippen LogP contribution in [0, 0.1) is 5.92 Å². The van der Waals surface area contributed by atoms with Gasteiger partial charge in [0.1, 0.15) is 0 Å². The number of nitrogens with zero attached hydrogens (tertiary/aromatic N) is 1. The summed E-state index contributed by atoms with van der Waals surface area (Å²) in [6.45, 7) is 4.16. The lowest BCUT2D eigenvalue weighted by Gasteiger charge is -2.26. The molecule has 2 heterocycles. The minimum Gasteiger partial charge on any atom is -0.215 e. The Morgan fingerprint density at radius 3 is 3.27 bits per heavy atom. The van der Waals surface area contributed by atoms with Crippen molar-refractivity contribution in [2.75, 3.05) is 13.1 Å². The van der Waals surface area contributed by atoms with E-state index in [1.807, 2.05) is 5.06 Å². The third-order valence-corrected chi connectivity index (χ3v) is 2.46. The molecule has 3 atom stereocenters. The Hall–Kier alpha value is -0.120. The second-order valence-electron chi connectivity index (χ2n) is 3.61. The minimum absolute atomic E-state index is 0.267. The number of hydrogen-bond acceptors (Lipinski definition) is 3. The van der Waals surface area contributed by atoms with Gasteiger partial charge >= 0.3 is 0 Å². The molecule has 0 aromatic heterocycles. The van der Waals surface area contributed by atoms with Gasteiger partial charge in [-0.2, -0.15) is 5.06 Å². The van der Waals surface area contributed by atoms with Crippen LogP contribution in [-0.4, -0.2) is 24.3 Å². The molecule has 0 aromatic carbocycles. The lowest BCUT2D eigenvalue weighted by molar-refractivity contribution is -0.436. The van der Waals surface area contributed by atoms with Crippen molar-refractivity contribution in [1.29, 1.82) is 0 Å². The summed E-state index contributed by atoms with van der Waals surface area (Å²) in [7, 11) is 0. The van der Waals surface area contributed by atoms with E-state index in [1.54, 1.807) is 0 Å². The Kier molecular flexibility index (Phi) is 2.11. The second-order valence-corrected chi connectivity index (χ2v) is 3.61. The minimum atomic E-state index is 0.267. The standard InChI is InChI=1S/C8H15NO2/c1-7-5-8-3-2-4-9(6-8)11-10-7/h7-8H,2-6H2,1H3. The summed E-state index contributed by atoms with van der Waals surface area (Å²) in [4.78, 5) is 10.3. The molecule has 11 heavy (non-hydrogen) atoms. The molecule has 2 bridgehead atoms. The predicted molar refractivity (Wildman–Crippen MR) is 40.5 cm³/mol. The fourth-order valence-electron chi connectivity index (χ4n) is 1.93. The van der Waals surface area contributed by atoms with Crippen LogP contribution in [0.4, 0.5) is 0 Å². The molecular weight excluding hydrogens is 142 g/mol. The molecule has 2 aliphatic rings. The topological polar surface area (TPSA) is 21.7 Å². The third kappa shape index (κ3) is 1.72. The van der Waals surface area contributed by atoms with E-state index in [1.165, 1.54) is 12.8 Å². The summed E-state index contributed by atoms with van der Waals surface area (Å²) in [5.74, 6) is 0.793. The van der Waals surface area contributed by atoms with Gasteiger partial charge in [-0.25, -0.2) is 4.89 Å². The molecule has 0 aromatic rings. The van der Waals surface area contributed by atoms with Gasteiger partial charge in [-0.3, -0.25) is 0 Å². The van der Waals surface area contributed by atoms with Crippen molar-refractivity contribution in [1.82, 2.24) is 5.06 Å². The van der Waals surface area contributed by atoms with Crippen LogP contribution in [0.2, 0.25) is 0 Å². The normalized spacial score (nSPS) is 45.0. The average molecular weight is 157 g/mol. The van der Waals surface area contributed by atoms with E-state index >= 15 is 0 Å². The van der Waals surface area contributed by atoms with Crippen LogP contribution in [0.15, 0.2) is 0 Å². The molecule has 0 spiro atoms. The molecule has 2 aliphatic heterocycles.